The lowest BCUT2D eigenvalue weighted by atomic mass is 9.93. The van der Waals surface area contributed by atoms with Crippen molar-refractivity contribution in [3.05, 3.63) is 65.5 Å². The van der Waals surface area contributed by atoms with Gasteiger partial charge in [-0.05, 0) is 24.6 Å². The minimum atomic E-state index is -0.0738. The summed E-state index contributed by atoms with van der Waals surface area (Å²) in [6.45, 7) is 4.66. The van der Waals surface area contributed by atoms with Gasteiger partial charge in [-0.1, -0.05) is 29.8 Å². The number of nitrogens with one attached hydrogen (secondary N) is 1. The second-order valence-corrected chi connectivity index (χ2v) is 6.27. The Labute approximate surface area is 141 Å². The predicted molar refractivity (Wildman–Crippen MR) is 91.7 cm³/mol. The van der Waals surface area contributed by atoms with Crippen molar-refractivity contribution >= 4 is 11.8 Å². The summed E-state index contributed by atoms with van der Waals surface area (Å²) in [5.74, 6) is -0.00188. The fraction of sp³-hybridized carbons (Fsp3) is 0.316. The summed E-state index contributed by atoms with van der Waals surface area (Å²) in [4.78, 5) is 30.0. The minimum Gasteiger partial charge on any atom is -0.351 e. The third-order valence-corrected chi connectivity index (χ3v) is 4.43. The molecule has 1 aromatic carbocycles. The monoisotopic (exact) mass is 323 g/mol. The van der Waals surface area contributed by atoms with Crippen LogP contribution in [0.15, 0.2) is 48.8 Å². The summed E-state index contributed by atoms with van der Waals surface area (Å²) in [7, 11) is 0. The second kappa shape index (κ2) is 6.83. The number of nitrogens with zero attached hydrogens (tertiary/aromatic N) is 2. The molecule has 1 fully saturated rings. The normalized spacial score (nSPS) is 20.0. The van der Waals surface area contributed by atoms with Crippen LogP contribution in [0, 0.1) is 6.92 Å². The fourth-order valence-corrected chi connectivity index (χ4v) is 3.21. The first-order valence-electron chi connectivity index (χ1n) is 8.07. The predicted octanol–water partition coefficient (Wildman–Crippen LogP) is 2.13. The van der Waals surface area contributed by atoms with Gasteiger partial charge in [0.15, 0.2) is 0 Å². The molecule has 0 aliphatic carbocycles. The number of benzene rings is 1. The molecule has 2 atom stereocenters. The van der Waals surface area contributed by atoms with Gasteiger partial charge in [0, 0.05) is 43.9 Å². The molecule has 0 spiro atoms. The summed E-state index contributed by atoms with van der Waals surface area (Å²) in [6, 6.07) is 11.6. The molecule has 124 valence electrons. The number of likely N-dealkylation sites (tertiary alicyclic amines) is 1. The molecule has 0 radical (unpaired) electrons. The third kappa shape index (κ3) is 3.45. The van der Waals surface area contributed by atoms with E-state index in [0.717, 1.165) is 5.56 Å². The Morgan fingerprint density at radius 3 is 2.38 bits per heavy atom. The standard InChI is InChI=1S/C19H21N3O2/c1-13-3-5-15(6-4-13)17-11-22(12-18(17)21-14(2)23)19(24)16-7-9-20-10-8-16/h3-10,17-18H,11-12H2,1-2H3,(H,21,23). The van der Waals surface area contributed by atoms with Gasteiger partial charge in [-0.15, -0.1) is 0 Å². The summed E-state index contributed by atoms with van der Waals surface area (Å²) < 4.78 is 0. The Morgan fingerprint density at radius 1 is 1.08 bits per heavy atom. The van der Waals surface area contributed by atoms with Gasteiger partial charge in [0.1, 0.15) is 0 Å². The molecular weight excluding hydrogens is 302 g/mol. The summed E-state index contributed by atoms with van der Waals surface area (Å²) in [5.41, 5.74) is 2.96. The zero-order valence-corrected chi connectivity index (χ0v) is 13.9. The molecule has 24 heavy (non-hydrogen) atoms. The quantitative estimate of drug-likeness (QED) is 0.941. The van der Waals surface area contributed by atoms with Crippen LogP contribution in [-0.4, -0.2) is 40.8 Å². The molecule has 5 heteroatoms. The smallest absolute Gasteiger partial charge is 0.254 e. The van der Waals surface area contributed by atoms with E-state index < -0.39 is 0 Å². The van der Waals surface area contributed by atoms with E-state index in [-0.39, 0.29) is 23.8 Å². The van der Waals surface area contributed by atoms with Crippen LogP contribution >= 0.6 is 0 Å². The largest absolute Gasteiger partial charge is 0.351 e. The lowest BCUT2D eigenvalue weighted by molar-refractivity contribution is -0.119. The number of rotatable bonds is 3. The molecule has 1 aliphatic rings. The average Bonchev–Trinajstić information content (AvgIpc) is 2.98. The number of aromatic nitrogens is 1. The van der Waals surface area contributed by atoms with Crippen molar-refractivity contribution in [1.82, 2.24) is 15.2 Å². The molecule has 1 aromatic heterocycles. The van der Waals surface area contributed by atoms with E-state index in [1.807, 2.05) is 6.92 Å². The molecule has 1 saturated heterocycles. The van der Waals surface area contributed by atoms with Gasteiger partial charge < -0.3 is 10.2 Å². The minimum absolute atomic E-state index is 0.0256. The van der Waals surface area contributed by atoms with E-state index in [2.05, 4.69) is 34.6 Å². The highest BCUT2D eigenvalue weighted by Gasteiger charge is 2.36. The third-order valence-electron chi connectivity index (χ3n) is 4.43. The van der Waals surface area contributed by atoms with Crippen molar-refractivity contribution in [3.8, 4) is 0 Å². The van der Waals surface area contributed by atoms with Crippen LogP contribution in [0.1, 0.15) is 34.3 Å². The molecule has 3 rings (SSSR count). The molecule has 2 unspecified atom stereocenters. The maximum Gasteiger partial charge on any atom is 0.254 e. The molecule has 5 nitrogen and oxygen atoms in total. The van der Waals surface area contributed by atoms with Gasteiger partial charge in [0.25, 0.3) is 5.91 Å². The van der Waals surface area contributed by atoms with Crippen LogP contribution in [0.4, 0.5) is 0 Å². The highest BCUT2D eigenvalue weighted by molar-refractivity contribution is 5.94. The van der Waals surface area contributed by atoms with E-state index in [0.29, 0.717) is 18.7 Å². The highest BCUT2D eigenvalue weighted by Crippen LogP contribution is 2.29. The first-order chi connectivity index (χ1) is 11.5. The van der Waals surface area contributed by atoms with E-state index >= 15 is 0 Å². The number of hydrogen-bond acceptors (Lipinski definition) is 3. The van der Waals surface area contributed by atoms with E-state index in [1.54, 1.807) is 29.4 Å². The van der Waals surface area contributed by atoms with Crippen LogP contribution in [0.3, 0.4) is 0 Å². The van der Waals surface area contributed by atoms with Gasteiger partial charge in [-0.3, -0.25) is 14.6 Å². The van der Waals surface area contributed by atoms with Crippen molar-refractivity contribution in [2.24, 2.45) is 0 Å². The maximum absolute atomic E-state index is 12.7. The zero-order valence-electron chi connectivity index (χ0n) is 13.9. The topological polar surface area (TPSA) is 62.3 Å². The molecule has 2 heterocycles. The first kappa shape index (κ1) is 16.2. The summed E-state index contributed by atoms with van der Waals surface area (Å²) >= 11 is 0. The molecular formula is C19H21N3O2. The second-order valence-electron chi connectivity index (χ2n) is 6.27. The van der Waals surface area contributed by atoms with Gasteiger partial charge in [0.05, 0.1) is 6.04 Å². The van der Waals surface area contributed by atoms with Crippen molar-refractivity contribution < 1.29 is 9.59 Å². The average molecular weight is 323 g/mol. The number of carbonyl (C=O) groups excluding carboxylic acids is 2. The van der Waals surface area contributed by atoms with Crippen molar-refractivity contribution in [3.63, 3.8) is 0 Å². The number of aryl methyl sites for hydroxylation is 1. The number of carbonyl (C=O) groups is 2. The molecule has 2 amide bonds. The summed E-state index contributed by atoms with van der Waals surface area (Å²) in [6.07, 6.45) is 3.23. The van der Waals surface area contributed by atoms with Gasteiger partial charge in [0.2, 0.25) is 5.91 Å². The van der Waals surface area contributed by atoms with Gasteiger partial charge in [-0.2, -0.15) is 0 Å². The van der Waals surface area contributed by atoms with E-state index in [9.17, 15) is 9.59 Å². The van der Waals surface area contributed by atoms with Crippen molar-refractivity contribution in [1.29, 1.82) is 0 Å². The molecule has 1 aliphatic heterocycles. The SMILES string of the molecule is CC(=O)NC1CN(C(=O)c2ccncc2)CC1c1ccc(C)cc1. The van der Waals surface area contributed by atoms with Crippen LogP contribution in [0.2, 0.25) is 0 Å². The van der Waals surface area contributed by atoms with Gasteiger partial charge in [-0.25, -0.2) is 0 Å². The number of amides is 2. The fourth-order valence-electron chi connectivity index (χ4n) is 3.21. The molecule has 1 N–H and O–H groups in total. The number of hydrogen-bond donors (Lipinski definition) is 1. The van der Waals surface area contributed by atoms with Crippen LogP contribution in [-0.2, 0) is 4.79 Å². The molecule has 0 saturated carbocycles. The zero-order chi connectivity index (χ0) is 17.1. The Morgan fingerprint density at radius 2 is 1.75 bits per heavy atom. The van der Waals surface area contributed by atoms with E-state index in [4.69, 9.17) is 0 Å². The lowest BCUT2D eigenvalue weighted by Gasteiger charge is -2.19. The first-order valence-corrected chi connectivity index (χ1v) is 8.07. The maximum atomic E-state index is 12.7. The van der Waals surface area contributed by atoms with Crippen molar-refractivity contribution in [2.75, 3.05) is 13.1 Å². The van der Waals surface area contributed by atoms with E-state index in [1.165, 1.54) is 12.5 Å². The van der Waals surface area contributed by atoms with Gasteiger partial charge >= 0.3 is 0 Å². The Balaban J connectivity index is 1.83. The Kier molecular flexibility index (Phi) is 4.60. The van der Waals surface area contributed by atoms with Crippen LogP contribution in [0.5, 0.6) is 0 Å². The Bertz CT molecular complexity index is 728. The van der Waals surface area contributed by atoms with Crippen molar-refractivity contribution in [2.45, 2.75) is 25.8 Å². The van der Waals surface area contributed by atoms with Crippen LogP contribution in [0.25, 0.3) is 0 Å². The van der Waals surface area contributed by atoms with Crippen LogP contribution < -0.4 is 5.32 Å². The Hall–Kier alpha value is -2.69. The lowest BCUT2D eigenvalue weighted by Crippen LogP contribution is -2.39. The number of pyridine rings is 1. The summed E-state index contributed by atoms with van der Waals surface area (Å²) in [5, 5.41) is 3.00. The highest BCUT2D eigenvalue weighted by atomic mass is 16.2. The molecule has 0 bridgehead atoms. The molecule has 2 aromatic rings.